The molecule has 1 aliphatic rings. The molecule has 0 saturated heterocycles. The Bertz CT molecular complexity index is 908. The molecular weight excluding hydrogens is 338 g/mol. The molecule has 0 radical (unpaired) electrons. The van der Waals surface area contributed by atoms with Gasteiger partial charge in [0.15, 0.2) is 0 Å². The smallest absolute Gasteiger partial charge is 0.254 e. The molecule has 0 bridgehead atoms. The van der Waals surface area contributed by atoms with Crippen molar-refractivity contribution in [2.45, 2.75) is 32.7 Å². The highest BCUT2D eigenvalue weighted by Crippen LogP contribution is 2.38. The highest BCUT2D eigenvalue weighted by atomic mass is 32.1. The lowest BCUT2D eigenvalue weighted by atomic mass is 9.92. The number of rotatable bonds is 3. The van der Waals surface area contributed by atoms with Crippen molar-refractivity contribution in [1.29, 1.82) is 0 Å². The van der Waals surface area contributed by atoms with Gasteiger partial charge >= 0.3 is 0 Å². The Kier molecular flexibility index (Phi) is 4.64. The van der Waals surface area contributed by atoms with Gasteiger partial charge in [-0.05, 0) is 60.0 Å². The summed E-state index contributed by atoms with van der Waals surface area (Å²) in [6.07, 6.45) is 1.93. The first kappa shape index (κ1) is 17.0. The lowest BCUT2D eigenvalue weighted by Crippen LogP contribution is -2.40. The van der Waals surface area contributed by atoms with Gasteiger partial charge in [0.05, 0.1) is 6.04 Å². The van der Waals surface area contributed by atoms with Crippen molar-refractivity contribution in [2.75, 3.05) is 6.54 Å². The van der Waals surface area contributed by atoms with E-state index in [2.05, 4.69) is 61.7 Å². The van der Waals surface area contributed by atoms with E-state index >= 15 is 0 Å². The van der Waals surface area contributed by atoms with Crippen LogP contribution >= 0.6 is 11.3 Å². The minimum atomic E-state index is 0.00366. The third-order valence-corrected chi connectivity index (χ3v) is 6.23. The number of benzene rings is 2. The number of fused-ring (bicyclic) bond motifs is 1. The van der Waals surface area contributed by atoms with Crippen LogP contribution < -0.4 is 0 Å². The molecule has 1 aromatic heterocycles. The Hall–Kier alpha value is -2.39. The molecule has 0 N–H and O–H groups in total. The SMILES string of the molecule is CCc1ccc(C(=O)N2CCc3sccc3[C@@H]2c2ccc(C)cc2)cc1. The van der Waals surface area contributed by atoms with E-state index in [-0.39, 0.29) is 11.9 Å². The minimum absolute atomic E-state index is 0.00366. The normalized spacial score (nSPS) is 16.4. The zero-order valence-corrected chi connectivity index (χ0v) is 16.1. The van der Waals surface area contributed by atoms with Crippen molar-refractivity contribution < 1.29 is 4.79 Å². The summed E-state index contributed by atoms with van der Waals surface area (Å²) in [7, 11) is 0. The lowest BCUT2D eigenvalue weighted by molar-refractivity contribution is 0.0696. The average Bonchev–Trinajstić information content (AvgIpc) is 3.16. The molecule has 2 aromatic carbocycles. The van der Waals surface area contributed by atoms with Crippen LogP contribution in [0.25, 0.3) is 0 Å². The Morgan fingerprint density at radius 1 is 1.08 bits per heavy atom. The molecule has 1 aliphatic heterocycles. The quantitative estimate of drug-likeness (QED) is 0.611. The van der Waals surface area contributed by atoms with Crippen LogP contribution in [0.5, 0.6) is 0 Å². The zero-order valence-electron chi connectivity index (χ0n) is 15.2. The summed E-state index contributed by atoms with van der Waals surface area (Å²) in [5.74, 6) is 0.120. The Balaban J connectivity index is 1.73. The maximum Gasteiger partial charge on any atom is 0.254 e. The fourth-order valence-corrected chi connectivity index (χ4v) is 4.60. The predicted octanol–water partition coefficient (Wildman–Crippen LogP) is 5.41. The minimum Gasteiger partial charge on any atom is -0.327 e. The van der Waals surface area contributed by atoms with Crippen molar-refractivity contribution in [3.8, 4) is 0 Å². The van der Waals surface area contributed by atoms with Gasteiger partial charge in [-0.2, -0.15) is 0 Å². The number of carbonyl (C=O) groups is 1. The third-order valence-electron chi connectivity index (χ3n) is 5.23. The first-order valence-electron chi connectivity index (χ1n) is 9.20. The van der Waals surface area contributed by atoms with E-state index in [4.69, 9.17) is 0 Å². The summed E-state index contributed by atoms with van der Waals surface area (Å²) in [5, 5.41) is 2.15. The van der Waals surface area contributed by atoms with Gasteiger partial charge in [0.2, 0.25) is 0 Å². The summed E-state index contributed by atoms with van der Waals surface area (Å²) in [5.41, 5.74) is 5.74. The average molecular weight is 362 g/mol. The largest absolute Gasteiger partial charge is 0.327 e. The molecule has 2 nitrogen and oxygen atoms in total. The van der Waals surface area contributed by atoms with E-state index in [0.717, 1.165) is 24.9 Å². The van der Waals surface area contributed by atoms with Gasteiger partial charge in [0.25, 0.3) is 5.91 Å². The van der Waals surface area contributed by atoms with E-state index in [1.54, 1.807) is 11.3 Å². The standard InChI is InChI=1S/C23H23NOS/c1-3-17-6-10-19(11-7-17)23(25)24-14-12-21-20(13-15-26-21)22(24)18-8-4-16(2)5-9-18/h4-11,13,15,22H,3,12,14H2,1-2H3/t22-/m0/s1. The summed E-state index contributed by atoms with van der Waals surface area (Å²) in [4.78, 5) is 16.8. The van der Waals surface area contributed by atoms with Crippen molar-refractivity contribution in [2.24, 2.45) is 0 Å². The Morgan fingerprint density at radius 3 is 2.50 bits per heavy atom. The van der Waals surface area contributed by atoms with Crippen LogP contribution in [-0.4, -0.2) is 17.4 Å². The second-order valence-corrected chi connectivity index (χ2v) is 7.91. The molecule has 1 atom stereocenters. The second kappa shape index (κ2) is 7.08. The highest BCUT2D eigenvalue weighted by molar-refractivity contribution is 7.10. The molecule has 3 heteroatoms. The maximum absolute atomic E-state index is 13.3. The summed E-state index contributed by atoms with van der Waals surface area (Å²) < 4.78 is 0. The van der Waals surface area contributed by atoms with Crippen molar-refractivity contribution in [3.05, 3.63) is 92.7 Å². The molecule has 26 heavy (non-hydrogen) atoms. The van der Waals surface area contributed by atoms with Gasteiger partial charge in [-0.3, -0.25) is 4.79 Å². The van der Waals surface area contributed by atoms with E-state index < -0.39 is 0 Å². The molecule has 4 rings (SSSR count). The molecule has 2 heterocycles. The van der Waals surface area contributed by atoms with E-state index in [1.165, 1.54) is 27.1 Å². The highest BCUT2D eigenvalue weighted by Gasteiger charge is 2.33. The topological polar surface area (TPSA) is 20.3 Å². The lowest BCUT2D eigenvalue weighted by Gasteiger charge is -2.36. The summed E-state index contributed by atoms with van der Waals surface area (Å²) in [6.45, 7) is 4.99. The van der Waals surface area contributed by atoms with Crippen LogP contribution in [-0.2, 0) is 12.8 Å². The zero-order chi connectivity index (χ0) is 18.1. The van der Waals surface area contributed by atoms with Gasteiger partial charge in [-0.1, -0.05) is 48.9 Å². The monoisotopic (exact) mass is 361 g/mol. The third kappa shape index (κ3) is 3.08. The predicted molar refractivity (Wildman–Crippen MR) is 108 cm³/mol. The first-order valence-corrected chi connectivity index (χ1v) is 10.1. The van der Waals surface area contributed by atoms with Gasteiger partial charge in [-0.25, -0.2) is 0 Å². The van der Waals surface area contributed by atoms with Crippen LogP contribution in [0.3, 0.4) is 0 Å². The van der Waals surface area contributed by atoms with E-state index in [1.807, 2.05) is 17.0 Å². The number of hydrogen-bond donors (Lipinski definition) is 0. The van der Waals surface area contributed by atoms with Gasteiger partial charge in [0, 0.05) is 17.0 Å². The number of carbonyl (C=O) groups excluding carboxylic acids is 1. The Labute approximate surface area is 159 Å². The van der Waals surface area contributed by atoms with Gasteiger partial charge in [0.1, 0.15) is 0 Å². The van der Waals surface area contributed by atoms with E-state index in [0.29, 0.717) is 0 Å². The summed E-state index contributed by atoms with van der Waals surface area (Å²) >= 11 is 1.80. The van der Waals surface area contributed by atoms with Crippen LogP contribution in [0.4, 0.5) is 0 Å². The molecule has 0 unspecified atom stereocenters. The fraction of sp³-hybridized carbons (Fsp3) is 0.261. The van der Waals surface area contributed by atoms with Crippen molar-refractivity contribution in [3.63, 3.8) is 0 Å². The second-order valence-electron chi connectivity index (χ2n) is 6.91. The van der Waals surface area contributed by atoms with E-state index in [9.17, 15) is 4.79 Å². The summed E-state index contributed by atoms with van der Waals surface area (Å²) in [6, 6.07) is 18.8. The molecule has 3 aromatic rings. The van der Waals surface area contributed by atoms with Crippen LogP contribution in [0.2, 0.25) is 0 Å². The number of nitrogens with zero attached hydrogens (tertiary/aromatic N) is 1. The number of hydrogen-bond acceptors (Lipinski definition) is 2. The Morgan fingerprint density at radius 2 is 1.81 bits per heavy atom. The number of thiophene rings is 1. The number of amides is 1. The molecule has 0 aliphatic carbocycles. The van der Waals surface area contributed by atoms with Crippen LogP contribution in [0.15, 0.2) is 60.0 Å². The first-order chi connectivity index (χ1) is 12.7. The molecule has 0 saturated carbocycles. The number of aryl methyl sites for hydroxylation is 2. The molecule has 132 valence electrons. The van der Waals surface area contributed by atoms with Crippen molar-refractivity contribution >= 4 is 17.2 Å². The molecular formula is C23H23NOS. The van der Waals surface area contributed by atoms with Crippen molar-refractivity contribution in [1.82, 2.24) is 4.90 Å². The molecule has 0 spiro atoms. The molecule has 1 amide bonds. The maximum atomic E-state index is 13.3. The van der Waals surface area contributed by atoms with Crippen LogP contribution in [0.1, 0.15) is 50.5 Å². The van der Waals surface area contributed by atoms with Gasteiger partial charge < -0.3 is 4.90 Å². The fourth-order valence-electron chi connectivity index (χ4n) is 3.69. The van der Waals surface area contributed by atoms with Gasteiger partial charge in [-0.15, -0.1) is 11.3 Å². The van der Waals surface area contributed by atoms with Crippen LogP contribution in [0, 0.1) is 6.92 Å². The molecule has 0 fully saturated rings.